The molecule has 10 nitrogen and oxygen atoms in total. The van der Waals surface area contributed by atoms with Gasteiger partial charge in [0.05, 0.1) is 7.11 Å². The molecular weight excluding hydrogens is 286 g/mol. The summed E-state index contributed by atoms with van der Waals surface area (Å²) in [5.41, 5.74) is -0.787. The molecule has 0 bridgehead atoms. The highest BCUT2D eigenvalue weighted by molar-refractivity contribution is 5.79. The van der Waals surface area contributed by atoms with Crippen molar-refractivity contribution in [2.75, 3.05) is 13.7 Å². The van der Waals surface area contributed by atoms with Gasteiger partial charge in [0.2, 0.25) is 5.75 Å². The summed E-state index contributed by atoms with van der Waals surface area (Å²) < 4.78 is 9.89. The molecule has 0 saturated heterocycles. The average molecular weight is 297 g/mol. The largest absolute Gasteiger partial charge is 0.484 e. The van der Waals surface area contributed by atoms with Crippen molar-refractivity contribution in [1.29, 1.82) is 0 Å². The van der Waals surface area contributed by atoms with Gasteiger partial charge in [-0.05, 0) is 28.8 Å². The third-order valence-corrected chi connectivity index (χ3v) is 3.16. The molecule has 0 N–H and O–H groups in total. The lowest BCUT2D eigenvalue weighted by atomic mass is 10.1. The van der Waals surface area contributed by atoms with Gasteiger partial charge in [0.15, 0.2) is 0 Å². The predicted octanol–water partition coefficient (Wildman–Crippen LogP) is 1.23. The lowest BCUT2D eigenvalue weighted by Gasteiger charge is -2.13. The first kappa shape index (κ1) is 14.6. The quantitative estimate of drug-likeness (QED) is 0.434. The first-order chi connectivity index (χ1) is 9.89. The molecule has 0 aliphatic heterocycles. The molecule has 1 aliphatic rings. The zero-order valence-electron chi connectivity index (χ0n) is 11.0. The van der Waals surface area contributed by atoms with Gasteiger partial charge in [0.25, 0.3) is 0 Å². The number of pyridine rings is 1. The minimum atomic E-state index is -0.875. The molecule has 21 heavy (non-hydrogen) atoms. The van der Waals surface area contributed by atoms with Gasteiger partial charge in [0.1, 0.15) is 12.0 Å². The summed E-state index contributed by atoms with van der Waals surface area (Å²) in [6.45, 7) is -0.0972. The summed E-state index contributed by atoms with van der Waals surface area (Å²) in [4.78, 5) is 34.6. The van der Waals surface area contributed by atoms with E-state index in [1.807, 2.05) is 0 Å². The Bertz CT molecular complexity index is 612. The van der Waals surface area contributed by atoms with Crippen LogP contribution in [0.5, 0.6) is 5.75 Å². The number of rotatable bonds is 6. The van der Waals surface area contributed by atoms with E-state index >= 15 is 0 Å². The number of nitro groups is 2. The van der Waals surface area contributed by atoms with Crippen LogP contribution in [-0.4, -0.2) is 34.5 Å². The van der Waals surface area contributed by atoms with Gasteiger partial charge in [-0.2, -0.15) is 0 Å². The van der Waals surface area contributed by atoms with Gasteiger partial charge in [-0.25, -0.2) is 0 Å². The standard InChI is InChI=1S/C11H11N3O7/c1-20-10(15)11(4-5-11)6-21-7-2-3-8(13(16)17)12-9(7)14(18)19/h2-3H,4-6H2,1H3. The Labute approximate surface area is 118 Å². The van der Waals surface area contributed by atoms with Crippen molar-refractivity contribution < 1.29 is 24.1 Å². The highest BCUT2D eigenvalue weighted by Gasteiger charge is 2.52. The topological polar surface area (TPSA) is 135 Å². The van der Waals surface area contributed by atoms with Gasteiger partial charge in [-0.3, -0.25) is 4.79 Å². The Kier molecular flexibility index (Phi) is 3.70. The zero-order valence-corrected chi connectivity index (χ0v) is 11.0. The van der Waals surface area contributed by atoms with E-state index < -0.39 is 32.9 Å². The molecule has 0 unspecified atom stereocenters. The van der Waals surface area contributed by atoms with E-state index in [2.05, 4.69) is 9.72 Å². The normalized spacial score (nSPS) is 15.1. The molecule has 112 valence electrons. The molecule has 2 rings (SSSR count). The van der Waals surface area contributed by atoms with Crippen molar-refractivity contribution in [3.05, 3.63) is 32.4 Å². The number of hydrogen-bond donors (Lipinski definition) is 0. The van der Waals surface area contributed by atoms with Crippen LogP contribution in [0.25, 0.3) is 0 Å². The number of carbonyl (C=O) groups is 1. The van der Waals surface area contributed by atoms with E-state index in [0.717, 1.165) is 12.1 Å². The van der Waals surface area contributed by atoms with Gasteiger partial charge >= 0.3 is 17.6 Å². The third kappa shape index (κ3) is 2.88. The molecule has 1 saturated carbocycles. The molecular formula is C11H11N3O7. The lowest BCUT2D eigenvalue weighted by molar-refractivity contribution is -0.403. The van der Waals surface area contributed by atoms with Gasteiger partial charge in [0, 0.05) is 11.1 Å². The maximum Gasteiger partial charge on any atom is 0.410 e. The number of esters is 1. The summed E-state index contributed by atoms with van der Waals surface area (Å²) in [7, 11) is 1.25. The van der Waals surface area contributed by atoms with Crippen LogP contribution in [0, 0.1) is 25.6 Å². The van der Waals surface area contributed by atoms with E-state index in [4.69, 9.17) is 4.74 Å². The number of ether oxygens (including phenoxy) is 2. The number of hydrogen-bond acceptors (Lipinski definition) is 8. The van der Waals surface area contributed by atoms with Gasteiger partial charge in [-0.1, -0.05) is 0 Å². The molecule has 0 spiro atoms. The SMILES string of the molecule is COC(=O)C1(COc2ccc([N+](=O)[O-])nc2[N+](=O)[O-])CC1. The molecule has 0 aromatic carbocycles. The Morgan fingerprint density at radius 2 is 2.00 bits per heavy atom. The molecule has 0 atom stereocenters. The fourth-order valence-electron chi connectivity index (χ4n) is 1.76. The number of methoxy groups -OCH3 is 1. The number of nitrogens with zero attached hydrogens (tertiary/aromatic N) is 3. The Balaban J connectivity index is 2.19. The first-order valence-electron chi connectivity index (χ1n) is 5.91. The average Bonchev–Trinajstić information content (AvgIpc) is 3.25. The second-order valence-electron chi connectivity index (χ2n) is 4.57. The van der Waals surface area contributed by atoms with Crippen molar-refractivity contribution in [1.82, 2.24) is 4.98 Å². The van der Waals surface area contributed by atoms with Crippen molar-refractivity contribution in [2.45, 2.75) is 12.8 Å². The van der Waals surface area contributed by atoms with Crippen LogP contribution >= 0.6 is 0 Å². The van der Waals surface area contributed by atoms with Crippen LogP contribution in [0.4, 0.5) is 11.6 Å². The molecule has 1 aliphatic carbocycles. The molecule has 0 amide bonds. The smallest absolute Gasteiger partial charge is 0.410 e. The molecule has 0 radical (unpaired) electrons. The van der Waals surface area contributed by atoms with E-state index in [9.17, 15) is 25.0 Å². The lowest BCUT2D eigenvalue weighted by Crippen LogP contribution is -2.25. The summed E-state index contributed by atoms with van der Waals surface area (Å²) in [6, 6.07) is 2.09. The van der Waals surface area contributed by atoms with Crippen LogP contribution in [-0.2, 0) is 9.53 Å². The van der Waals surface area contributed by atoms with Crippen LogP contribution in [0.3, 0.4) is 0 Å². The Hall–Kier alpha value is -2.78. The summed E-state index contributed by atoms with van der Waals surface area (Å²) in [5.74, 6) is -2.08. The molecule has 1 aromatic heterocycles. The van der Waals surface area contributed by atoms with Crippen LogP contribution in [0.15, 0.2) is 12.1 Å². The van der Waals surface area contributed by atoms with Crippen molar-refractivity contribution in [3.63, 3.8) is 0 Å². The fourth-order valence-corrected chi connectivity index (χ4v) is 1.76. The second kappa shape index (κ2) is 5.31. The maximum atomic E-state index is 11.5. The van der Waals surface area contributed by atoms with Crippen LogP contribution in [0.1, 0.15) is 12.8 Å². The van der Waals surface area contributed by atoms with E-state index in [1.165, 1.54) is 7.11 Å². The van der Waals surface area contributed by atoms with Crippen molar-refractivity contribution in [3.8, 4) is 5.75 Å². The Morgan fingerprint density at radius 1 is 1.33 bits per heavy atom. The zero-order chi connectivity index (χ0) is 15.6. The fraction of sp³-hybridized carbons (Fsp3) is 0.455. The van der Waals surface area contributed by atoms with E-state index in [0.29, 0.717) is 12.8 Å². The first-order valence-corrected chi connectivity index (χ1v) is 5.91. The highest BCUT2D eigenvalue weighted by atomic mass is 16.6. The minimum absolute atomic E-state index is 0.0972. The molecule has 10 heteroatoms. The highest BCUT2D eigenvalue weighted by Crippen LogP contribution is 2.47. The van der Waals surface area contributed by atoms with E-state index in [1.54, 1.807) is 0 Å². The third-order valence-electron chi connectivity index (χ3n) is 3.16. The molecule has 1 heterocycles. The maximum absolute atomic E-state index is 11.5. The second-order valence-corrected chi connectivity index (χ2v) is 4.57. The Morgan fingerprint density at radius 3 is 2.48 bits per heavy atom. The van der Waals surface area contributed by atoms with Crippen LogP contribution < -0.4 is 4.74 Å². The molecule has 1 fully saturated rings. The molecule has 1 aromatic rings. The predicted molar refractivity (Wildman–Crippen MR) is 66.7 cm³/mol. The van der Waals surface area contributed by atoms with Gasteiger partial charge in [-0.15, -0.1) is 0 Å². The van der Waals surface area contributed by atoms with Crippen LogP contribution in [0.2, 0.25) is 0 Å². The number of carbonyl (C=O) groups excluding carboxylic acids is 1. The van der Waals surface area contributed by atoms with Gasteiger partial charge < -0.3 is 29.7 Å². The van der Waals surface area contributed by atoms with E-state index in [-0.39, 0.29) is 12.4 Å². The minimum Gasteiger partial charge on any atom is -0.484 e. The van der Waals surface area contributed by atoms with Crippen molar-refractivity contribution >= 4 is 17.6 Å². The van der Waals surface area contributed by atoms with Crippen molar-refractivity contribution in [2.24, 2.45) is 5.41 Å². The summed E-state index contributed by atoms with van der Waals surface area (Å²) in [6.07, 6.45) is 1.13. The summed E-state index contributed by atoms with van der Waals surface area (Å²) in [5, 5.41) is 21.4. The number of aromatic nitrogens is 1. The monoisotopic (exact) mass is 297 g/mol. The summed E-state index contributed by atoms with van der Waals surface area (Å²) >= 11 is 0.